The van der Waals surface area contributed by atoms with Gasteiger partial charge in [-0.2, -0.15) is 8.78 Å². The number of carbonyl (C=O) groups excluding carboxylic acids is 1. The highest BCUT2D eigenvalue weighted by Crippen LogP contribution is 2.33. The molecule has 0 bridgehead atoms. The lowest BCUT2D eigenvalue weighted by Gasteiger charge is -2.20. The van der Waals surface area contributed by atoms with Gasteiger partial charge in [0.2, 0.25) is 0 Å². The van der Waals surface area contributed by atoms with Crippen LogP contribution in [0.2, 0.25) is 0 Å². The Morgan fingerprint density at radius 3 is 2.32 bits per heavy atom. The summed E-state index contributed by atoms with van der Waals surface area (Å²) in [6, 6.07) is 13.8. The second-order valence-electron chi connectivity index (χ2n) is 7.26. The molecule has 0 radical (unpaired) electrons. The fraction of sp³-hybridized carbons (Fsp3) is 0.304. The lowest BCUT2D eigenvalue weighted by atomic mass is 10.1. The van der Waals surface area contributed by atoms with E-state index in [-0.39, 0.29) is 16.9 Å². The number of ether oxygens (including phenoxy) is 1. The maximum Gasteiger partial charge on any atom is 0.387 e. The summed E-state index contributed by atoms with van der Waals surface area (Å²) in [5, 5.41) is 0.826. The van der Waals surface area contributed by atoms with Crippen molar-refractivity contribution < 1.29 is 18.3 Å². The Labute approximate surface area is 185 Å². The first-order valence-corrected chi connectivity index (χ1v) is 10.8. The summed E-state index contributed by atoms with van der Waals surface area (Å²) in [6.07, 6.45) is 2.67. The summed E-state index contributed by atoms with van der Waals surface area (Å²) in [5.41, 5.74) is 2.81. The maximum absolute atomic E-state index is 13.2. The number of amidine groups is 1. The first kappa shape index (κ1) is 22.8. The summed E-state index contributed by atoms with van der Waals surface area (Å²) < 4.78 is 29.3. The number of rotatable bonds is 7. The number of amides is 1. The first-order valence-electron chi connectivity index (χ1n) is 9.92. The van der Waals surface area contributed by atoms with Gasteiger partial charge in [-0.3, -0.25) is 9.69 Å². The molecule has 0 N–H and O–H groups in total. The summed E-state index contributed by atoms with van der Waals surface area (Å²) >= 11 is 1.51. The van der Waals surface area contributed by atoms with E-state index in [1.54, 1.807) is 18.2 Å². The summed E-state index contributed by atoms with van der Waals surface area (Å²) in [5.74, 6) is -0.222. The SMILES string of the molecule is CCC(C)SC1=NC(=Cc2ccc(N(C)C)cc2)C(=O)N1c1ccc(OC(F)F)cc1. The van der Waals surface area contributed by atoms with Gasteiger partial charge in [-0.25, -0.2) is 4.99 Å². The van der Waals surface area contributed by atoms with E-state index >= 15 is 0 Å². The second-order valence-corrected chi connectivity index (χ2v) is 8.67. The summed E-state index contributed by atoms with van der Waals surface area (Å²) in [7, 11) is 3.93. The molecule has 2 aromatic rings. The van der Waals surface area contributed by atoms with Crippen molar-refractivity contribution >= 4 is 40.3 Å². The Morgan fingerprint density at radius 1 is 1.13 bits per heavy atom. The van der Waals surface area contributed by atoms with Gasteiger partial charge in [-0.1, -0.05) is 37.7 Å². The molecular formula is C23H25F2N3O2S. The van der Waals surface area contributed by atoms with Gasteiger partial charge in [0.25, 0.3) is 5.91 Å². The number of anilines is 2. The van der Waals surface area contributed by atoms with E-state index in [0.717, 1.165) is 17.7 Å². The largest absolute Gasteiger partial charge is 0.435 e. The van der Waals surface area contributed by atoms with Gasteiger partial charge in [0, 0.05) is 25.0 Å². The van der Waals surface area contributed by atoms with Crippen molar-refractivity contribution in [1.29, 1.82) is 0 Å². The number of thioether (sulfide) groups is 1. The molecule has 0 saturated carbocycles. The van der Waals surface area contributed by atoms with Crippen LogP contribution < -0.4 is 14.5 Å². The number of nitrogens with zero attached hydrogens (tertiary/aromatic N) is 3. The van der Waals surface area contributed by atoms with Gasteiger partial charge in [-0.05, 0) is 54.5 Å². The molecule has 2 aromatic carbocycles. The highest BCUT2D eigenvalue weighted by Gasteiger charge is 2.32. The normalized spacial score (nSPS) is 16.1. The minimum Gasteiger partial charge on any atom is -0.435 e. The zero-order valence-corrected chi connectivity index (χ0v) is 18.7. The minimum absolute atomic E-state index is 0.0372. The lowest BCUT2D eigenvalue weighted by molar-refractivity contribution is -0.113. The van der Waals surface area contributed by atoms with Crippen molar-refractivity contribution in [2.75, 3.05) is 23.9 Å². The van der Waals surface area contributed by atoms with Gasteiger partial charge in [0.15, 0.2) is 5.17 Å². The number of carbonyl (C=O) groups is 1. The topological polar surface area (TPSA) is 45.1 Å². The van der Waals surface area contributed by atoms with Crippen LogP contribution in [0.15, 0.2) is 59.2 Å². The van der Waals surface area contributed by atoms with Crippen LogP contribution in [0.4, 0.5) is 20.2 Å². The molecule has 1 atom stereocenters. The molecule has 1 aliphatic rings. The van der Waals surface area contributed by atoms with E-state index in [4.69, 9.17) is 0 Å². The van der Waals surface area contributed by atoms with E-state index in [9.17, 15) is 13.6 Å². The van der Waals surface area contributed by atoms with Crippen molar-refractivity contribution in [3.63, 3.8) is 0 Å². The fourth-order valence-corrected chi connectivity index (χ4v) is 3.84. The van der Waals surface area contributed by atoms with Gasteiger partial charge in [-0.15, -0.1) is 0 Å². The van der Waals surface area contributed by atoms with E-state index in [0.29, 0.717) is 16.6 Å². The van der Waals surface area contributed by atoms with Crippen molar-refractivity contribution in [3.05, 3.63) is 59.8 Å². The average Bonchev–Trinajstić information content (AvgIpc) is 3.03. The first-order chi connectivity index (χ1) is 14.8. The van der Waals surface area contributed by atoms with Gasteiger partial charge in [0.1, 0.15) is 11.4 Å². The van der Waals surface area contributed by atoms with E-state index < -0.39 is 6.61 Å². The smallest absolute Gasteiger partial charge is 0.387 e. The van der Waals surface area contributed by atoms with Gasteiger partial charge >= 0.3 is 6.61 Å². The van der Waals surface area contributed by atoms with Crippen molar-refractivity contribution in [2.45, 2.75) is 32.1 Å². The molecule has 1 heterocycles. The van der Waals surface area contributed by atoms with Crippen LogP contribution in [-0.2, 0) is 4.79 Å². The maximum atomic E-state index is 13.2. The Hall–Kier alpha value is -2.87. The number of benzene rings is 2. The van der Waals surface area contributed by atoms with Crippen LogP contribution in [0.5, 0.6) is 5.75 Å². The predicted molar refractivity (Wildman–Crippen MR) is 124 cm³/mol. The number of halogens is 2. The number of hydrogen-bond acceptors (Lipinski definition) is 5. The Bertz CT molecular complexity index is 973. The van der Waals surface area contributed by atoms with Crippen LogP contribution in [-0.4, -0.2) is 37.0 Å². The molecule has 5 nitrogen and oxygen atoms in total. The Morgan fingerprint density at radius 2 is 1.77 bits per heavy atom. The molecule has 0 aromatic heterocycles. The molecule has 0 aliphatic carbocycles. The molecule has 1 unspecified atom stereocenters. The van der Waals surface area contributed by atoms with E-state index in [1.807, 2.05) is 43.3 Å². The highest BCUT2D eigenvalue weighted by molar-refractivity contribution is 8.14. The average molecular weight is 446 g/mol. The number of aliphatic imine (C=N–C) groups is 1. The van der Waals surface area contributed by atoms with E-state index in [1.165, 1.54) is 28.8 Å². The minimum atomic E-state index is -2.90. The predicted octanol–water partition coefficient (Wildman–Crippen LogP) is 5.63. The molecular weight excluding hydrogens is 420 g/mol. The molecule has 0 spiro atoms. The molecule has 0 saturated heterocycles. The van der Waals surface area contributed by atoms with Crippen LogP contribution in [0, 0.1) is 0 Å². The third-order valence-electron chi connectivity index (χ3n) is 4.74. The molecule has 0 fully saturated rings. The number of hydrogen-bond donors (Lipinski definition) is 0. The Kier molecular flexibility index (Phi) is 7.33. The molecule has 1 aliphatic heterocycles. The standard InChI is InChI=1S/C23H25F2N3O2S/c1-5-15(2)31-23-26-20(14-16-6-8-17(9-7-16)27(3)4)21(29)28(23)18-10-12-19(13-11-18)30-22(24)25/h6-15,22H,5H2,1-4H3. The van der Waals surface area contributed by atoms with Crippen molar-refractivity contribution in [2.24, 2.45) is 4.99 Å². The molecule has 3 rings (SSSR count). The molecule has 1 amide bonds. The zero-order valence-electron chi connectivity index (χ0n) is 17.9. The molecule has 164 valence electrons. The fourth-order valence-electron chi connectivity index (χ4n) is 2.87. The van der Waals surface area contributed by atoms with Crippen molar-refractivity contribution in [3.8, 4) is 5.75 Å². The van der Waals surface area contributed by atoms with Crippen LogP contribution in [0.3, 0.4) is 0 Å². The highest BCUT2D eigenvalue weighted by atomic mass is 32.2. The summed E-state index contributed by atoms with van der Waals surface area (Å²) in [4.78, 5) is 21.3. The van der Waals surface area contributed by atoms with E-state index in [2.05, 4.69) is 23.6 Å². The lowest BCUT2D eigenvalue weighted by Crippen LogP contribution is -2.31. The molecule has 31 heavy (non-hydrogen) atoms. The summed E-state index contributed by atoms with van der Waals surface area (Å²) in [6.45, 7) is 1.24. The second kappa shape index (κ2) is 9.96. The van der Waals surface area contributed by atoms with Crippen LogP contribution in [0.1, 0.15) is 25.8 Å². The van der Waals surface area contributed by atoms with Crippen molar-refractivity contribution in [1.82, 2.24) is 0 Å². The quantitative estimate of drug-likeness (QED) is 0.518. The third-order valence-corrected chi connectivity index (χ3v) is 5.96. The van der Waals surface area contributed by atoms with Gasteiger partial charge in [0.05, 0.1) is 5.69 Å². The number of alkyl halides is 2. The molecule has 8 heteroatoms. The van der Waals surface area contributed by atoms with Gasteiger partial charge < -0.3 is 9.64 Å². The zero-order chi connectivity index (χ0) is 22.5. The monoisotopic (exact) mass is 445 g/mol. The third kappa shape index (κ3) is 5.64. The Balaban J connectivity index is 1.91. The van der Waals surface area contributed by atoms with Crippen LogP contribution >= 0.6 is 11.8 Å². The van der Waals surface area contributed by atoms with Crippen LogP contribution in [0.25, 0.3) is 6.08 Å².